The summed E-state index contributed by atoms with van der Waals surface area (Å²) in [5.41, 5.74) is 2.96. The number of carbonyl (C=O) groups excluding carboxylic acids is 2. The monoisotopic (exact) mass is 515 g/mol. The Labute approximate surface area is 212 Å². The molecule has 0 saturated carbocycles. The van der Waals surface area contributed by atoms with Crippen LogP contribution in [0.2, 0.25) is 10.0 Å². The van der Waals surface area contributed by atoms with E-state index < -0.39 is 11.9 Å². The van der Waals surface area contributed by atoms with E-state index in [0.717, 1.165) is 11.3 Å². The van der Waals surface area contributed by atoms with Crippen LogP contribution in [0.1, 0.15) is 70.7 Å². The second kappa shape index (κ2) is 8.91. The van der Waals surface area contributed by atoms with E-state index in [1.165, 1.54) is 18.3 Å². The topological polar surface area (TPSA) is 71.3 Å². The number of hydrogen-bond donors (Lipinski definition) is 0. The fourth-order valence-electron chi connectivity index (χ4n) is 4.90. The number of carbonyl (C=O) groups is 2. The summed E-state index contributed by atoms with van der Waals surface area (Å²) in [5, 5.41) is 5.45. The van der Waals surface area contributed by atoms with Crippen molar-refractivity contribution < 1.29 is 14.0 Å². The minimum Gasteiger partial charge on any atom is -0.331 e. The van der Waals surface area contributed by atoms with Crippen molar-refractivity contribution in [2.45, 2.75) is 51.9 Å². The van der Waals surface area contributed by atoms with E-state index in [9.17, 15) is 14.0 Å². The molecule has 7 nitrogen and oxygen atoms in total. The van der Waals surface area contributed by atoms with Crippen molar-refractivity contribution in [2.24, 2.45) is 0 Å². The van der Waals surface area contributed by atoms with Crippen molar-refractivity contribution in [1.29, 1.82) is 0 Å². The molecule has 0 fully saturated rings. The van der Waals surface area contributed by atoms with E-state index in [2.05, 4.69) is 4.98 Å². The molecule has 2 aliphatic heterocycles. The Balaban J connectivity index is 1.48. The molecule has 3 atom stereocenters. The van der Waals surface area contributed by atoms with Crippen molar-refractivity contribution in [2.75, 3.05) is 6.54 Å². The number of halogens is 3. The van der Waals surface area contributed by atoms with Gasteiger partial charge in [-0.15, -0.1) is 0 Å². The summed E-state index contributed by atoms with van der Waals surface area (Å²) < 4.78 is 15.6. The van der Waals surface area contributed by atoms with Gasteiger partial charge in [0.25, 0.3) is 11.8 Å². The number of pyridine rings is 1. The molecule has 35 heavy (non-hydrogen) atoms. The first kappa shape index (κ1) is 23.8. The first-order chi connectivity index (χ1) is 16.7. The summed E-state index contributed by atoms with van der Waals surface area (Å²) in [6, 6.07) is 6.82. The van der Waals surface area contributed by atoms with E-state index in [1.807, 2.05) is 20.8 Å². The molecule has 0 aliphatic carbocycles. The van der Waals surface area contributed by atoms with Crippen molar-refractivity contribution in [1.82, 2.24) is 24.6 Å². The zero-order chi connectivity index (χ0) is 25.0. The van der Waals surface area contributed by atoms with Crippen LogP contribution in [0.3, 0.4) is 0 Å². The Morgan fingerprint density at radius 3 is 2.63 bits per heavy atom. The van der Waals surface area contributed by atoms with Gasteiger partial charge in [0.2, 0.25) is 0 Å². The summed E-state index contributed by atoms with van der Waals surface area (Å²) in [6.07, 6.45) is 1.93. The van der Waals surface area contributed by atoms with Crippen LogP contribution >= 0.6 is 23.2 Å². The number of hydrogen-bond acceptors (Lipinski definition) is 4. The molecule has 2 aliphatic rings. The molecule has 0 bridgehead atoms. The lowest BCUT2D eigenvalue weighted by Crippen LogP contribution is -2.45. The van der Waals surface area contributed by atoms with Crippen molar-refractivity contribution >= 4 is 35.0 Å². The zero-order valence-electron chi connectivity index (χ0n) is 19.5. The average Bonchev–Trinajstić information content (AvgIpc) is 3.20. The molecule has 0 N–H and O–H groups in total. The van der Waals surface area contributed by atoms with E-state index in [-0.39, 0.29) is 30.4 Å². The highest BCUT2D eigenvalue weighted by atomic mass is 35.5. The maximum Gasteiger partial charge on any atom is 0.273 e. The van der Waals surface area contributed by atoms with Crippen LogP contribution in [0.5, 0.6) is 0 Å². The van der Waals surface area contributed by atoms with Crippen LogP contribution in [0.25, 0.3) is 0 Å². The van der Waals surface area contributed by atoms with Crippen LogP contribution < -0.4 is 0 Å². The van der Waals surface area contributed by atoms with Gasteiger partial charge in [-0.2, -0.15) is 5.10 Å². The molecule has 2 aromatic heterocycles. The highest BCUT2D eigenvalue weighted by molar-refractivity contribution is 6.42. The summed E-state index contributed by atoms with van der Waals surface area (Å²) in [7, 11) is 0. The molecule has 5 rings (SSSR count). The van der Waals surface area contributed by atoms with E-state index in [1.54, 1.807) is 32.7 Å². The molecular formula is C25H24Cl2FN5O2. The number of nitrogens with zero attached hydrogens (tertiary/aromatic N) is 5. The second-order valence-electron chi connectivity index (χ2n) is 9.21. The number of benzene rings is 1. The summed E-state index contributed by atoms with van der Waals surface area (Å²) >= 11 is 12.2. The molecule has 3 aromatic rings. The van der Waals surface area contributed by atoms with E-state index in [0.29, 0.717) is 40.0 Å². The molecular weight excluding hydrogens is 492 g/mol. The average molecular weight is 516 g/mol. The minimum absolute atomic E-state index is 0.0844. The molecule has 182 valence electrons. The van der Waals surface area contributed by atoms with Crippen LogP contribution in [0, 0.1) is 5.82 Å². The highest BCUT2D eigenvalue weighted by Gasteiger charge is 2.40. The summed E-state index contributed by atoms with van der Waals surface area (Å²) in [6.45, 7) is 6.48. The maximum atomic E-state index is 13.8. The van der Waals surface area contributed by atoms with Crippen LogP contribution in [0.4, 0.5) is 4.39 Å². The van der Waals surface area contributed by atoms with Gasteiger partial charge in [0.15, 0.2) is 0 Å². The Morgan fingerprint density at radius 2 is 1.91 bits per heavy atom. The zero-order valence-corrected chi connectivity index (χ0v) is 21.0. The van der Waals surface area contributed by atoms with E-state index in [4.69, 9.17) is 28.3 Å². The van der Waals surface area contributed by atoms with Crippen LogP contribution in [-0.2, 0) is 13.0 Å². The summed E-state index contributed by atoms with van der Waals surface area (Å²) in [4.78, 5) is 34.8. The molecule has 1 aromatic carbocycles. The first-order valence-corrected chi connectivity index (χ1v) is 12.2. The van der Waals surface area contributed by atoms with Crippen molar-refractivity contribution in [3.8, 4) is 0 Å². The molecule has 0 radical (unpaired) electrons. The first-order valence-electron chi connectivity index (χ1n) is 11.4. The minimum atomic E-state index is -0.420. The fourth-order valence-corrected chi connectivity index (χ4v) is 5.20. The van der Waals surface area contributed by atoms with Gasteiger partial charge in [-0.3, -0.25) is 19.3 Å². The van der Waals surface area contributed by atoms with Crippen LogP contribution in [-0.4, -0.2) is 49.0 Å². The van der Waals surface area contributed by atoms with Crippen LogP contribution in [0.15, 0.2) is 36.5 Å². The van der Waals surface area contributed by atoms with Crippen molar-refractivity contribution in [3.05, 3.63) is 80.6 Å². The largest absolute Gasteiger partial charge is 0.331 e. The van der Waals surface area contributed by atoms with Gasteiger partial charge in [0, 0.05) is 36.3 Å². The number of fused-ring (bicyclic) bond motifs is 3. The van der Waals surface area contributed by atoms with Crippen molar-refractivity contribution in [3.63, 3.8) is 0 Å². The van der Waals surface area contributed by atoms with Gasteiger partial charge < -0.3 is 9.80 Å². The van der Waals surface area contributed by atoms with Gasteiger partial charge in [0.05, 0.1) is 40.1 Å². The normalized spacial score (nSPS) is 20.5. The Kier molecular flexibility index (Phi) is 6.05. The quantitative estimate of drug-likeness (QED) is 0.487. The van der Waals surface area contributed by atoms with Gasteiger partial charge in [0.1, 0.15) is 11.5 Å². The van der Waals surface area contributed by atoms with Gasteiger partial charge >= 0.3 is 0 Å². The number of aromatic nitrogens is 3. The predicted octanol–water partition coefficient (Wildman–Crippen LogP) is 5.09. The molecule has 4 heterocycles. The smallest absolute Gasteiger partial charge is 0.273 e. The van der Waals surface area contributed by atoms with E-state index >= 15 is 0 Å². The molecule has 0 spiro atoms. The standard InChI is InChI=1S/C25H24Cl2FN5O2/c1-13-8-22-18(12-31(13)24(34)16-4-5-19(26)20(27)9-16)23-25(35)32(11-14(2)33(23)30-22)15(3)21-10-17(28)6-7-29-21/h4-7,9-10,13-15H,8,11-12H2,1-3H3/t13-,14-,15?/m1/s1. The molecule has 10 heteroatoms. The molecule has 1 unspecified atom stereocenters. The fraction of sp³-hybridized carbons (Fsp3) is 0.360. The Morgan fingerprint density at radius 1 is 1.14 bits per heavy atom. The maximum absolute atomic E-state index is 13.8. The number of rotatable bonds is 3. The highest BCUT2D eigenvalue weighted by Crippen LogP contribution is 2.35. The third kappa shape index (κ3) is 4.08. The lowest BCUT2D eigenvalue weighted by atomic mass is 9.97. The van der Waals surface area contributed by atoms with Gasteiger partial charge in [-0.25, -0.2) is 4.39 Å². The van der Waals surface area contributed by atoms with Gasteiger partial charge in [-0.05, 0) is 51.1 Å². The second-order valence-corrected chi connectivity index (χ2v) is 10.0. The Bertz CT molecular complexity index is 1340. The summed E-state index contributed by atoms with van der Waals surface area (Å²) in [5.74, 6) is -0.786. The lowest BCUT2D eigenvalue weighted by Gasteiger charge is -2.37. The lowest BCUT2D eigenvalue weighted by molar-refractivity contribution is 0.0570. The third-order valence-corrected chi connectivity index (χ3v) is 7.59. The molecule has 0 saturated heterocycles. The molecule has 2 amide bonds. The number of amides is 2. The Hall–Kier alpha value is -2.97. The third-order valence-electron chi connectivity index (χ3n) is 6.85. The predicted molar refractivity (Wildman–Crippen MR) is 130 cm³/mol. The SMILES string of the molecule is CC(c1cc(F)ccn1)N1C[C@@H](C)n2nc3c(c2C1=O)CN(C(=O)c1ccc(Cl)c(Cl)c1)[C@H](C)C3. The van der Waals surface area contributed by atoms with Gasteiger partial charge in [-0.1, -0.05) is 23.2 Å².